The van der Waals surface area contributed by atoms with Crippen molar-refractivity contribution < 1.29 is 14.3 Å². The monoisotopic (exact) mass is 530 g/mol. The maximum absolute atomic E-state index is 13.6. The van der Waals surface area contributed by atoms with Gasteiger partial charge in [-0.15, -0.1) is 11.3 Å². The highest BCUT2D eigenvalue weighted by Gasteiger charge is 2.16. The second kappa shape index (κ2) is 12.3. The molecule has 0 N–H and O–H groups in total. The van der Waals surface area contributed by atoms with Gasteiger partial charge in [-0.05, 0) is 39.0 Å². The first-order valence-corrected chi connectivity index (χ1v) is 13.3. The summed E-state index contributed by atoms with van der Waals surface area (Å²) in [7, 11) is 0. The Bertz CT molecular complexity index is 1580. The molecule has 0 aliphatic carbocycles. The third-order valence-electron chi connectivity index (χ3n) is 5.97. The van der Waals surface area contributed by atoms with Crippen LogP contribution in [0.5, 0.6) is 0 Å². The molecule has 0 fully saturated rings. The van der Waals surface area contributed by atoms with Crippen LogP contribution >= 0.6 is 11.3 Å². The van der Waals surface area contributed by atoms with E-state index in [0.717, 1.165) is 28.2 Å². The summed E-state index contributed by atoms with van der Waals surface area (Å²) in [6, 6.07) is 19.4. The quantitative estimate of drug-likeness (QED) is 0.311. The third-order valence-corrected chi connectivity index (χ3v) is 7.03. The molecule has 0 aliphatic heterocycles. The van der Waals surface area contributed by atoms with Crippen molar-refractivity contribution in [1.29, 1.82) is 0 Å². The lowest BCUT2D eigenvalue weighted by molar-refractivity contribution is -0.135. The summed E-state index contributed by atoms with van der Waals surface area (Å²) in [5.74, 6) is -0.756. The fourth-order valence-electron chi connectivity index (χ4n) is 4.06. The lowest BCUT2D eigenvalue weighted by atomic mass is 10.1. The number of para-hydroxylation sites is 1. The zero-order chi connectivity index (χ0) is 27.1. The molecule has 0 atom stereocenters. The molecule has 4 aromatic rings. The number of amides is 1. The van der Waals surface area contributed by atoms with E-state index in [1.807, 2.05) is 80.7 Å². The Hall–Kier alpha value is -4.24. The number of ether oxygens (including phenoxy) is 1. The molecule has 1 amide bonds. The summed E-state index contributed by atoms with van der Waals surface area (Å²) < 4.78 is 8.93. The second-order valence-electron chi connectivity index (χ2n) is 8.38. The number of carbonyl (C=O) groups is 2. The van der Waals surface area contributed by atoms with Crippen molar-refractivity contribution in [1.82, 2.24) is 19.2 Å². The topological polar surface area (TPSA) is 86.4 Å². The van der Waals surface area contributed by atoms with Gasteiger partial charge in [-0.3, -0.25) is 14.2 Å². The molecule has 0 aliphatic rings. The SMILES string of the molecule is CCOC(=O)/C=c1\s/c(=C\c2cn(-c3ccccc3)nc2-c2ccccc2)c(=O)n1CC(=O)N(CC)CC. The first-order valence-electron chi connectivity index (χ1n) is 12.5. The predicted molar refractivity (Wildman–Crippen MR) is 149 cm³/mol. The molecule has 2 heterocycles. The average Bonchev–Trinajstić information content (AvgIpc) is 3.47. The van der Waals surface area contributed by atoms with E-state index < -0.39 is 5.97 Å². The molecule has 2 aromatic carbocycles. The van der Waals surface area contributed by atoms with Crippen LogP contribution in [0.15, 0.2) is 71.7 Å². The molecule has 4 rings (SSSR count). The number of rotatable bonds is 9. The number of nitrogens with zero attached hydrogens (tertiary/aromatic N) is 4. The Morgan fingerprint density at radius 3 is 2.29 bits per heavy atom. The fourth-order valence-corrected chi connectivity index (χ4v) is 5.08. The van der Waals surface area contributed by atoms with Crippen LogP contribution in [0.25, 0.3) is 29.1 Å². The van der Waals surface area contributed by atoms with Crippen LogP contribution in [-0.4, -0.2) is 50.8 Å². The van der Waals surface area contributed by atoms with E-state index in [1.165, 1.54) is 10.6 Å². The number of aromatic nitrogens is 3. The molecule has 0 bridgehead atoms. The minimum Gasteiger partial charge on any atom is -0.463 e. The van der Waals surface area contributed by atoms with Crippen LogP contribution in [0.1, 0.15) is 26.3 Å². The summed E-state index contributed by atoms with van der Waals surface area (Å²) in [5, 5.41) is 4.81. The van der Waals surface area contributed by atoms with Crippen LogP contribution in [0.2, 0.25) is 0 Å². The van der Waals surface area contributed by atoms with Crippen molar-refractivity contribution in [3.05, 3.63) is 92.0 Å². The van der Waals surface area contributed by atoms with E-state index in [4.69, 9.17) is 9.84 Å². The molecule has 8 nitrogen and oxygen atoms in total. The fraction of sp³-hybridized carbons (Fsp3) is 0.241. The molecule has 0 saturated carbocycles. The van der Waals surface area contributed by atoms with Crippen molar-refractivity contribution >= 4 is 35.4 Å². The number of hydrogen-bond acceptors (Lipinski definition) is 6. The van der Waals surface area contributed by atoms with Crippen molar-refractivity contribution in [3.63, 3.8) is 0 Å². The van der Waals surface area contributed by atoms with Gasteiger partial charge in [0.1, 0.15) is 11.2 Å². The Morgan fingerprint density at radius 1 is 1.00 bits per heavy atom. The van der Waals surface area contributed by atoms with Crippen LogP contribution < -0.4 is 14.8 Å². The van der Waals surface area contributed by atoms with Gasteiger partial charge < -0.3 is 9.64 Å². The van der Waals surface area contributed by atoms with Crippen molar-refractivity contribution in [2.75, 3.05) is 19.7 Å². The van der Waals surface area contributed by atoms with Crippen LogP contribution in [0.4, 0.5) is 0 Å². The number of hydrogen-bond donors (Lipinski definition) is 0. The molecule has 0 unspecified atom stereocenters. The number of thiazole rings is 1. The van der Waals surface area contributed by atoms with Gasteiger partial charge in [-0.25, -0.2) is 9.48 Å². The Labute approximate surface area is 224 Å². The lowest BCUT2D eigenvalue weighted by Crippen LogP contribution is -2.40. The highest BCUT2D eigenvalue weighted by atomic mass is 32.1. The predicted octanol–water partition coefficient (Wildman–Crippen LogP) is 2.80. The highest BCUT2D eigenvalue weighted by molar-refractivity contribution is 7.07. The molecule has 38 heavy (non-hydrogen) atoms. The molecule has 9 heteroatoms. The highest BCUT2D eigenvalue weighted by Crippen LogP contribution is 2.24. The van der Waals surface area contributed by atoms with Crippen LogP contribution in [-0.2, 0) is 20.9 Å². The Morgan fingerprint density at radius 2 is 1.66 bits per heavy atom. The Kier molecular flexibility index (Phi) is 8.70. The lowest BCUT2D eigenvalue weighted by Gasteiger charge is -2.18. The van der Waals surface area contributed by atoms with E-state index in [1.54, 1.807) is 22.6 Å². The minimum absolute atomic E-state index is 0.162. The zero-order valence-corrected chi connectivity index (χ0v) is 22.5. The van der Waals surface area contributed by atoms with Gasteiger partial charge in [0.2, 0.25) is 5.91 Å². The van der Waals surface area contributed by atoms with Crippen molar-refractivity contribution in [2.24, 2.45) is 0 Å². The zero-order valence-electron chi connectivity index (χ0n) is 21.7. The van der Waals surface area contributed by atoms with E-state index in [9.17, 15) is 14.4 Å². The molecule has 0 spiro atoms. The number of benzene rings is 2. The minimum atomic E-state index is -0.564. The Balaban J connectivity index is 1.89. The van der Waals surface area contributed by atoms with Gasteiger partial charge in [0.15, 0.2) is 0 Å². The van der Waals surface area contributed by atoms with Gasteiger partial charge in [0.05, 0.1) is 28.6 Å². The van der Waals surface area contributed by atoms with Crippen LogP contribution in [0.3, 0.4) is 0 Å². The molecule has 0 saturated heterocycles. The molecule has 2 aromatic heterocycles. The van der Waals surface area contributed by atoms with Gasteiger partial charge in [-0.2, -0.15) is 5.10 Å². The van der Waals surface area contributed by atoms with E-state index in [2.05, 4.69) is 0 Å². The normalized spacial score (nSPS) is 12.1. The molecular formula is C29H30N4O4S. The van der Waals surface area contributed by atoms with Crippen LogP contribution in [0, 0.1) is 0 Å². The number of esters is 1. The standard InChI is InChI=1S/C29H30N4O4S/c1-4-31(5-2)25(34)20-32-26(18-27(35)37-6-3)38-24(29(32)36)17-22-19-33(23-15-11-8-12-16-23)30-28(22)21-13-9-7-10-14-21/h7-19H,4-6,20H2,1-3H3/b24-17-,26-18-. The summed E-state index contributed by atoms with van der Waals surface area (Å²) in [5.41, 5.74) is 2.89. The van der Waals surface area contributed by atoms with Gasteiger partial charge in [0, 0.05) is 30.4 Å². The number of likely N-dealkylation sites (N-methyl/N-ethyl adjacent to an activating group) is 1. The van der Waals surface area contributed by atoms with Gasteiger partial charge >= 0.3 is 5.97 Å². The smallest absolute Gasteiger partial charge is 0.333 e. The third kappa shape index (κ3) is 6.00. The maximum Gasteiger partial charge on any atom is 0.333 e. The molecule has 196 valence electrons. The van der Waals surface area contributed by atoms with E-state index in [0.29, 0.717) is 28.0 Å². The van der Waals surface area contributed by atoms with Crippen molar-refractivity contribution in [2.45, 2.75) is 27.3 Å². The molecule has 0 radical (unpaired) electrons. The maximum atomic E-state index is 13.6. The van der Waals surface area contributed by atoms with E-state index in [-0.39, 0.29) is 24.6 Å². The average molecular weight is 531 g/mol. The first kappa shape index (κ1) is 26.8. The summed E-state index contributed by atoms with van der Waals surface area (Å²) in [6.07, 6.45) is 4.91. The largest absolute Gasteiger partial charge is 0.463 e. The van der Waals surface area contributed by atoms with Crippen molar-refractivity contribution in [3.8, 4) is 16.9 Å². The van der Waals surface area contributed by atoms with E-state index >= 15 is 0 Å². The number of carbonyl (C=O) groups excluding carboxylic acids is 2. The summed E-state index contributed by atoms with van der Waals surface area (Å²) in [6.45, 7) is 6.60. The first-order chi connectivity index (χ1) is 18.4. The molecular weight excluding hydrogens is 500 g/mol. The van der Waals surface area contributed by atoms with Gasteiger partial charge in [-0.1, -0.05) is 48.5 Å². The summed E-state index contributed by atoms with van der Waals surface area (Å²) >= 11 is 1.14. The van der Waals surface area contributed by atoms with Gasteiger partial charge in [0.25, 0.3) is 5.56 Å². The second-order valence-corrected chi connectivity index (χ2v) is 9.44. The summed E-state index contributed by atoms with van der Waals surface area (Å²) in [4.78, 5) is 40.4.